The van der Waals surface area contributed by atoms with Crippen molar-refractivity contribution >= 4 is 17.6 Å². The molecule has 26 heavy (non-hydrogen) atoms. The second kappa shape index (κ2) is 7.70. The van der Waals surface area contributed by atoms with Crippen LogP contribution < -0.4 is 9.64 Å². The summed E-state index contributed by atoms with van der Waals surface area (Å²) in [7, 11) is 0. The number of hydrogen-bond donors (Lipinski definition) is 0. The van der Waals surface area contributed by atoms with E-state index in [9.17, 15) is 9.59 Å². The lowest BCUT2D eigenvalue weighted by Crippen LogP contribution is -2.45. The van der Waals surface area contributed by atoms with Crippen LogP contribution in [0.3, 0.4) is 0 Å². The number of hydrogen-bond acceptors (Lipinski definition) is 5. The van der Waals surface area contributed by atoms with E-state index in [2.05, 4.69) is 0 Å². The lowest BCUT2D eigenvalue weighted by atomic mass is 10.1. The Balaban J connectivity index is 1.59. The third-order valence-corrected chi connectivity index (χ3v) is 4.07. The molecular weight excluding hydrogens is 332 g/mol. The molecule has 0 saturated heterocycles. The zero-order valence-electron chi connectivity index (χ0n) is 14.3. The van der Waals surface area contributed by atoms with E-state index in [1.165, 1.54) is 0 Å². The SMILES string of the molecule is CC1Oc2ccccc2N(CCC(=O)OCc2cccc(C#N)c2)C1=O. The molecule has 2 aromatic carbocycles. The van der Waals surface area contributed by atoms with Crippen LogP contribution in [0.5, 0.6) is 5.75 Å². The summed E-state index contributed by atoms with van der Waals surface area (Å²) in [5.41, 5.74) is 1.92. The zero-order valence-corrected chi connectivity index (χ0v) is 14.3. The van der Waals surface area contributed by atoms with Crippen LogP contribution >= 0.6 is 0 Å². The quantitative estimate of drug-likeness (QED) is 0.775. The first-order valence-corrected chi connectivity index (χ1v) is 8.30. The van der Waals surface area contributed by atoms with Crippen LogP contribution in [-0.2, 0) is 20.9 Å². The number of nitrogens with zero attached hydrogens (tertiary/aromatic N) is 2. The first-order chi connectivity index (χ1) is 12.6. The predicted octanol–water partition coefficient (Wildman–Crippen LogP) is 2.81. The minimum atomic E-state index is -0.588. The summed E-state index contributed by atoms with van der Waals surface area (Å²) in [6.45, 7) is 2.00. The Hall–Kier alpha value is -3.33. The molecule has 1 aliphatic heterocycles. The fourth-order valence-electron chi connectivity index (χ4n) is 2.76. The second-order valence-electron chi connectivity index (χ2n) is 5.94. The van der Waals surface area contributed by atoms with Crippen molar-refractivity contribution in [3.05, 3.63) is 59.7 Å². The highest BCUT2D eigenvalue weighted by Gasteiger charge is 2.31. The lowest BCUT2D eigenvalue weighted by Gasteiger charge is -2.32. The van der Waals surface area contributed by atoms with Gasteiger partial charge in [0.05, 0.1) is 23.7 Å². The van der Waals surface area contributed by atoms with E-state index < -0.39 is 12.1 Å². The van der Waals surface area contributed by atoms with E-state index in [1.807, 2.05) is 18.2 Å². The molecule has 3 rings (SSSR count). The Morgan fingerprint density at radius 3 is 2.88 bits per heavy atom. The first kappa shape index (κ1) is 17.5. The van der Waals surface area contributed by atoms with Gasteiger partial charge in [0.25, 0.3) is 5.91 Å². The molecule has 1 aliphatic rings. The highest BCUT2D eigenvalue weighted by atomic mass is 16.5. The number of amides is 1. The van der Waals surface area contributed by atoms with Crippen LogP contribution in [0.15, 0.2) is 48.5 Å². The number of fused-ring (bicyclic) bond motifs is 1. The maximum absolute atomic E-state index is 12.4. The maximum atomic E-state index is 12.4. The fourth-order valence-corrected chi connectivity index (χ4v) is 2.76. The standard InChI is InChI=1S/C20H18N2O4/c1-14-20(24)22(17-7-2-3-8-18(17)26-14)10-9-19(23)25-13-16-6-4-5-15(11-16)12-21/h2-8,11,14H,9-10,13H2,1H3. The van der Waals surface area contributed by atoms with Crippen LogP contribution in [-0.4, -0.2) is 24.5 Å². The minimum Gasteiger partial charge on any atom is -0.479 e. The van der Waals surface area contributed by atoms with E-state index in [-0.39, 0.29) is 25.5 Å². The number of rotatable bonds is 5. The van der Waals surface area contributed by atoms with Crippen LogP contribution in [0.1, 0.15) is 24.5 Å². The summed E-state index contributed by atoms with van der Waals surface area (Å²) >= 11 is 0. The number of nitriles is 1. The third kappa shape index (κ3) is 3.83. The number of benzene rings is 2. The summed E-state index contributed by atoms with van der Waals surface area (Å²) in [5.74, 6) is 0.0382. The van der Waals surface area contributed by atoms with Crippen LogP contribution in [0, 0.1) is 11.3 Å². The summed E-state index contributed by atoms with van der Waals surface area (Å²) in [6.07, 6.45) is -0.514. The molecule has 0 bridgehead atoms. The molecule has 1 unspecified atom stereocenters. The molecule has 2 aromatic rings. The zero-order chi connectivity index (χ0) is 18.5. The molecule has 6 heteroatoms. The van der Waals surface area contributed by atoms with Gasteiger partial charge in [-0.1, -0.05) is 24.3 Å². The van der Waals surface area contributed by atoms with E-state index in [1.54, 1.807) is 48.2 Å². The molecule has 1 heterocycles. The minimum absolute atomic E-state index is 0.0741. The first-order valence-electron chi connectivity index (χ1n) is 8.30. The normalized spacial score (nSPS) is 15.6. The second-order valence-corrected chi connectivity index (χ2v) is 5.94. The van der Waals surface area contributed by atoms with Gasteiger partial charge in [-0.05, 0) is 36.8 Å². The van der Waals surface area contributed by atoms with Crippen molar-refractivity contribution in [1.82, 2.24) is 0 Å². The molecule has 0 saturated carbocycles. The highest BCUT2D eigenvalue weighted by molar-refractivity contribution is 6.00. The van der Waals surface area contributed by atoms with Gasteiger partial charge in [0, 0.05) is 6.54 Å². The van der Waals surface area contributed by atoms with Gasteiger partial charge in [-0.2, -0.15) is 5.26 Å². The van der Waals surface area contributed by atoms with Crippen molar-refractivity contribution in [2.45, 2.75) is 26.1 Å². The van der Waals surface area contributed by atoms with Crippen molar-refractivity contribution in [3.8, 4) is 11.8 Å². The largest absolute Gasteiger partial charge is 0.479 e. The molecule has 0 radical (unpaired) electrons. The van der Waals surface area contributed by atoms with Gasteiger partial charge >= 0.3 is 5.97 Å². The molecule has 1 amide bonds. The van der Waals surface area contributed by atoms with Gasteiger partial charge in [0.2, 0.25) is 0 Å². The average Bonchev–Trinajstić information content (AvgIpc) is 2.67. The summed E-state index contributed by atoms with van der Waals surface area (Å²) in [4.78, 5) is 26.0. The molecule has 132 valence electrons. The van der Waals surface area contributed by atoms with Gasteiger partial charge < -0.3 is 14.4 Å². The van der Waals surface area contributed by atoms with Crippen molar-refractivity contribution in [1.29, 1.82) is 5.26 Å². The highest BCUT2D eigenvalue weighted by Crippen LogP contribution is 2.33. The molecule has 0 aliphatic carbocycles. The lowest BCUT2D eigenvalue weighted by molar-refractivity contribution is -0.144. The van der Waals surface area contributed by atoms with Gasteiger partial charge in [0.15, 0.2) is 6.10 Å². The van der Waals surface area contributed by atoms with Gasteiger partial charge in [0.1, 0.15) is 12.4 Å². The van der Waals surface area contributed by atoms with Crippen molar-refractivity contribution in [3.63, 3.8) is 0 Å². The van der Waals surface area contributed by atoms with Crippen LogP contribution in [0.4, 0.5) is 5.69 Å². The molecule has 0 aromatic heterocycles. The number of esters is 1. The van der Waals surface area contributed by atoms with E-state index >= 15 is 0 Å². The van der Waals surface area contributed by atoms with Crippen molar-refractivity contribution < 1.29 is 19.1 Å². The Morgan fingerprint density at radius 2 is 2.08 bits per heavy atom. The number of ether oxygens (including phenoxy) is 2. The molecular formula is C20H18N2O4. The van der Waals surface area contributed by atoms with Crippen LogP contribution in [0.25, 0.3) is 0 Å². The molecule has 1 atom stereocenters. The summed E-state index contributed by atoms with van der Waals surface area (Å²) in [5, 5.41) is 8.89. The van der Waals surface area contributed by atoms with Crippen molar-refractivity contribution in [2.75, 3.05) is 11.4 Å². The fraction of sp³-hybridized carbons (Fsp3) is 0.250. The van der Waals surface area contributed by atoms with Gasteiger partial charge in [-0.3, -0.25) is 9.59 Å². The van der Waals surface area contributed by atoms with E-state index in [0.29, 0.717) is 17.0 Å². The van der Waals surface area contributed by atoms with Crippen molar-refractivity contribution in [2.24, 2.45) is 0 Å². The topological polar surface area (TPSA) is 79.6 Å². The monoisotopic (exact) mass is 350 g/mol. The summed E-state index contributed by atoms with van der Waals surface area (Å²) in [6, 6.07) is 16.2. The average molecular weight is 350 g/mol. The predicted molar refractivity (Wildman–Crippen MR) is 94.5 cm³/mol. The molecule has 0 N–H and O–H groups in total. The number of anilines is 1. The maximum Gasteiger partial charge on any atom is 0.307 e. The Morgan fingerprint density at radius 1 is 1.27 bits per heavy atom. The molecule has 0 fully saturated rings. The smallest absolute Gasteiger partial charge is 0.307 e. The third-order valence-electron chi connectivity index (χ3n) is 4.07. The molecule has 6 nitrogen and oxygen atoms in total. The Labute approximate surface area is 151 Å². The number of carbonyl (C=O) groups is 2. The Kier molecular flexibility index (Phi) is 5.18. The number of carbonyl (C=O) groups excluding carboxylic acids is 2. The Bertz CT molecular complexity index is 872. The van der Waals surface area contributed by atoms with Gasteiger partial charge in [-0.15, -0.1) is 0 Å². The van der Waals surface area contributed by atoms with Gasteiger partial charge in [-0.25, -0.2) is 0 Å². The van der Waals surface area contributed by atoms with E-state index in [0.717, 1.165) is 5.56 Å². The molecule has 0 spiro atoms. The van der Waals surface area contributed by atoms with Crippen LogP contribution in [0.2, 0.25) is 0 Å². The summed E-state index contributed by atoms with van der Waals surface area (Å²) < 4.78 is 10.8. The van der Waals surface area contributed by atoms with E-state index in [4.69, 9.17) is 14.7 Å². The number of para-hydroxylation sites is 2.